The summed E-state index contributed by atoms with van der Waals surface area (Å²) in [5.41, 5.74) is 7.58. The van der Waals surface area contributed by atoms with Gasteiger partial charge < -0.3 is 9.30 Å². The van der Waals surface area contributed by atoms with Crippen LogP contribution in [0.2, 0.25) is 0 Å². The summed E-state index contributed by atoms with van der Waals surface area (Å²) in [4.78, 5) is 23.1. The lowest BCUT2D eigenvalue weighted by molar-refractivity contribution is -0.137. The number of nitriles is 1. The summed E-state index contributed by atoms with van der Waals surface area (Å²) in [7, 11) is 1.46. The van der Waals surface area contributed by atoms with Gasteiger partial charge in [-0.1, -0.05) is 42.5 Å². The zero-order valence-corrected chi connectivity index (χ0v) is 22.4. The number of rotatable bonds is 11. The van der Waals surface area contributed by atoms with Gasteiger partial charge >= 0.3 is 6.18 Å². The molecule has 0 radical (unpaired) electrons. The molecule has 2 aromatic heterocycles. The van der Waals surface area contributed by atoms with Crippen LogP contribution in [0.25, 0.3) is 5.69 Å². The van der Waals surface area contributed by atoms with E-state index in [0.717, 1.165) is 23.4 Å². The van der Waals surface area contributed by atoms with Gasteiger partial charge in [0.25, 0.3) is 5.91 Å². The Kier molecular flexibility index (Phi) is 9.34. The Labute approximate surface area is 235 Å². The second-order valence-corrected chi connectivity index (χ2v) is 9.14. The van der Waals surface area contributed by atoms with Crippen molar-refractivity contribution in [3.05, 3.63) is 107 Å². The normalized spacial score (nSPS) is 12.1. The topological polar surface area (TPSA) is 108 Å². The first kappa shape index (κ1) is 29.3. The van der Waals surface area contributed by atoms with Gasteiger partial charge in [-0.15, -0.1) is 0 Å². The Morgan fingerprint density at radius 2 is 1.85 bits per heavy atom. The van der Waals surface area contributed by atoms with Gasteiger partial charge in [-0.05, 0) is 42.3 Å². The van der Waals surface area contributed by atoms with E-state index in [1.807, 2.05) is 42.2 Å². The van der Waals surface area contributed by atoms with Gasteiger partial charge in [0, 0.05) is 25.8 Å². The second-order valence-electron chi connectivity index (χ2n) is 9.14. The number of amides is 1. The number of benzene rings is 2. The maximum atomic E-state index is 13.0. The van der Waals surface area contributed by atoms with Crippen LogP contribution in [0.5, 0.6) is 5.88 Å². The first-order valence-electron chi connectivity index (χ1n) is 12.6. The standard InChI is InChI=1S/C29H28F3N7O2/c1-20-17-39(19-34-20)25-13-12-24(36-28(25)41-2)27(40)37-35-14-15-38(18-21-6-4-3-5-7-21)26(16-33)22-8-10-23(11-9-22)29(30,31)32/h3-13,17,19,26,35H,14-15,18H2,1-2H3,(H,37,40). The van der Waals surface area contributed by atoms with Crippen LogP contribution in [0, 0.1) is 18.3 Å². The van der Waals surface area contributed by atoms with Gasteiger partial charge in [0.05, 0.1) is 30.8 Å². The average molecular weight is 564 g/mol. The minimum absolute atomic E-state index is 0.121. The Bertz CT molecular complexity index is 1500. The first-order chi connectivity index (χ1) is 19.7. The molecule has 12 heteroatoms. The van der Waals surface area contributed by atoms with Gasteiger partial charge in [-0.25, -0.2) is 15.4 Å². The number of pyridine rings is 1. The van der Waals surface area contributed by atoms with Crippen molar-refractivity contribution in [3.63, 3.8) is 0 Å². The number of imidazole rings is 1. The molecule has 4 aromatic rings. The Morgan fingerprint density at radius 3 is 2.46 bits per heavy atom. The van der Waals surface area contributed by atoms with E-state index in [-0.39, 0.29) is 18.1 Å². The number of halogens is 3. The molecule has 0 aliphatic carbocycles. The van der Waals surface area contributed by atoms with Crippen molar-refractivity contribution < 1.29 is 22.7 Å². The molecule has 0 saturated carbocycles. The number of aromatic nitrogens is 3. The van der Waals surface area contributed by atoms with Gasteiger partial charge in [0.2, 0.25) is 5.88 Å². The lowest BCUT2D eigenvalue weighted by Gasteiger charge is -2.28. The first-order valence-corrected chi connectivity index (χ1v) is 12.6. The number of nitrogens with zero attached hydrogens (tertiary/aromatic N) is 5. The van der Waals surface area contributed by atoms with E-state index in [0.29, 0.717) is 24.3 Å². The number of ether oxygens (including phenoxy) is 1. The van der Waals surface area contributed by atoms with E-state index in [1.54, 1.807) is 29.2 Å². The molecule has 212 valence electrons. The molecule has 41 heavy (non-hydrogen) atoms. The number of aryl methyl sites for hydroxylation is 1. The van der Waals surface area contributed by atoms with Crippen molar-refractivity contribution in [1.82, 2.24) is 30.3 Å². The smallest absolute Gasteiger partial charge is 0.416 e. The number of alkyl halides is 3. The summed E-state index contributed by atoms with van der Waals surface area (Å²) in [6.45, 7) is 2.75. The molecule has 1 atom stereocenters. The summed E-state index contributed by atoms with van der Waals surface area (Å²) in [5.74, 6) is -0.247. The average Bonchev–Trinajstić information content (AvgIpc) is 3.41. The highest BCUT2D eigenvalue weighted by molar-refractivity contribution is 5.92. The van der Waals surface area contributed by atoms with Gasteiger partial charge in [-0.2, -0.15) is 18.4 Å². The van der Waals surface area contributed by atoms with Crippen LogP contribution in [0.1, 0.15) is 38.9 Å². The van der Waals surface area contributed by atoms with Gasteiger partial charge in [-0.3, -0.25) is 15.1 Å². The van der Waals surface area contributed by atoms with Crippen molar-refractivity contribution in [3.8, 4) is 17.6 Å². The second kappa shape index (κ2) is 13.1. The maximum absolute atomic E-state index is 13.0. The van der Waals surface area contributed by atoms with Crippen molar-refractivity contribution >= 4 is 5.91 Å². The molecule has 1 unspecified atom stereocenters. The zero-order chi connectivity index (χ0) is 29.4. The Morgan fingerprint density at radius 1 is 1.12 bits per heavy atom. The minimum Gasteiger partial charge on any atom is -0.479 e. The summed E-state index contributed by atoms with van der Waals surface area (Å²) >= 11 is 0. The fourth-order valence-electron chi connectivity index (χ4n) is 4.20. The molecule has 4 rings (SSSR count). The van der Waals surface area contributed by atoms with E-state index in [2.05, 4.69) is 26.9 Å². The van der Waals surface area contributed by atoms with E-state index in [4.69, 9.17) is 4.74 Å². The quantitative estimate of drug-likeness (QED) is 0.203. The number of methoxy groups -OCH3 is 1. The Hall–Kier alpha value is -4.73. The van der Waals surface area contributed by atoms with Crippen LogP contribution in [-0.2, 0) is 12.7 Å². The molecule has 0 saturated heterocycles. The molecule has 2 aromatic carbocycles. The molecule has 0 fully saturated rings. The molecule has 0 aliphatic heterocycles. The van der Waals surface area contributed by atoms with Crippen LogP contribution in [0.3, 0.4) is 0 Å². The number of carbonyl (C=O) groups is 1. The monoisotopic (exact) mass is 563 g/mol. The predicted octanol–water partition coefficient (Wildman–Crippen LogP) is 4.60. The SMILES string of the molecule is COc1nc(C(=O)NNCCN(Cc2ccccc2)C(C#N)c2ccc(C(F)(F)F)cc2)ccc1-n1cnc(C)c1. The molecule has 2 heterocycles. The number of hydrazine groups is 1. The largest absolute Gasteiger partial charge is 0.479 e. The van der Waals surface area contributed by atoms with Crippen molar-refractivity contribution in [2.24, 2.45) is 0 Å². The fraction of sp³-hybridized carbons (Fsp3) is 0.241. The molecule has 0 bridgehead atoms. The molecule has 0 spiro atoms. The highest BCUT2D eigenvalue weighted by Gasteiger charge is 2.31. The minimum atomic E-state index is -4.47. The third-order valence-corrected chi connectivity index (χ3v) is 6.25. The zero-order valence-electron chi connectivity index (χ0n) is 22.4. The summed E-state index contributed by atoms with van der Waals surface area (Å²) < 4.78 is 46.3. The number of nitrogens with one attached hydrogen (secondary N) is 2. The number of hydrogen-bond acceptors (Lipinski definition) is 7. The lowest BCUT2D eigenvalue weighted by atomic mass is 10.0. The number of carbonyl (C=O) groups excluding carboxylic acids is 1. The van der Waals surface area contributed by atoms with E-state index < -0.39 is 23.7 Å². The summed E-state index contributed by atoms with van der Waals surface area (Å²) in [5, 5.41) is 9.98. The third-order valence-electron chi connectivity index (χ3n) is 6.25. The summed E-state index contributed by atoms with van der Waals surface area (Å²) in [6.07, 6.45) is -1.04. The summed E-state index contributed by atoms with van der Waals surface area (Å²) in [6, 6.07) is 18.6. The molecule has 0 aliphatic rings. The Balaban J connectivity index is 1.42. The van der Waals surface area contributed by atoms with E-state index >= 15 is 0 Å². The third kappa shape index (κ3) is 7.47. The van der Waals surface area contributed by atoms with Crippen LogP contribution in [-0.4, -0.2) is 45.5 Å². The van der Waals surface area contributed by atoms with Crippen LogP contribution >= 0.6 is 0 Å². The highest BCUT2D eigenvalue weighted by atomic mass is 19.4. The fourth-order valence-corrected chi connectivity index (χ4v) is 4.20. The van der Waals surface area contributed by atoms with Crippen LogP contribution < -0.4 is 15.6 Å². The van der Waals surface area contributed by atoms with Gasteiger partial charge in [0.1, 0.15) is 17.4 Å². The van der Waals surface area contributed by atoms with Crippen molar-refractivity contribution in [1.29, 1.82) is 5.26 Å². The molecule has 1 amide bonds. The van der Waals surface area contributed by atoms with Gasteiger partial charge in [0.15, 0.2) is 0 Å². The van der Waals surface area contributed by atoms with Crippen LogP contribution in [0.15, 0.2) is 79.3 Å². The van der Waals surface area contributed by atoms with Crippen molar-refractivity contribution in [2.75, 3.05) is 20.2 Å². The predicted molar refractivity (Wildman–Crippen MR) is 145 cm³/mol. The van der Waals surface area contributed by atoms with Crippen molar-refractivity contribution in [2.45, 2.75) is 25.7 Å². The molecule has 2 N–H and O–H groups in total. The molecular formula is C29H28F3N7O2. The van der Waals surface area contributed by atoms with E-state index in [1.165, 1.54) is 19.2 Å². The maximum Gasteiger partial charge on any atom is 0.416 e. The lowest BCUT2D eigenvalue weighted by Crippen LogP contribution is -2.43. The highest BCUT2D eigenvalue weighted by Crippen LogP contribution is 2.31. The molecule has 9 nitrogen and oxygen atoms in total. The van der Waals surface area contributed by atoms with Crippen LogP contribution in [0.4, 0.5) is 13.2 Å². The number of hydrogen-bond donors (Lipinski definition) is 2. The molecular weight excluding hydrogens is 535 g/mol. The van der Waals surface area contributed by atoms with E-state index in [9.17, 15) is 23.2 Å².